The minimum absolute atomic E-state index is 0.220. The van der Waals surface area contributed by atoms with E-state index in [9.17, 15) is 14.4 Å². The highest BCUT2D eigenvalue weighted by Gasteiger charge is 2.24. The molecule has 1 rings (SSSR count). The molecule has 0 fully saturated rings. The highest BCUT2D eigenvalue weighted by molar-refractivity contribution is 5.84. The summed E-state index contributed by atoms with van der Waals surface area (Å²) in [5, 5.41) is 7.87. The molecule has 0 aliphatic heterocycles. The Labute approximate surface area is 160 Å². The van der Waals surface area contributed by atoms with Gasteiger partial charge < -0.3 is 25.4 Å². The predicted molar refractivity (Wildman–Crippen MR) is 101 cm³/mol. The Balaban J connectivity index is 2.73. The van der Waals surface area contributed by atoms with Gasteiger partial charge in [-0.1, -0.05) is 44.2 Å². The van der Waals surface area contributed by atoms with E-state index in [4.69, 9.17) is 9.47 Å². The molecular weight excluding hydrogens is 350 g/mol. The van der Waals surface area contributed by atoms with Crippen molar-refractivity contribution in [3.8, 4) is 0 Å². The molecule has 0 unspecified atom stereocenters. The van der Waals surface area contributed by atoms with E-state index in [0.717, 1.165) is 5.56 Å². The second kappa shape index (κ2) is 11.8. The summed E-state index contributed by atoms with van der Waals surface area (Å²) >= 11 is 0. The zero-order valence-corrected chi connectivity index (χ0v) is 16.3. The molecule has 8 nitrogen and oxygen atoms in total. The Morgan fingerprint density at radius 1 is 1.04 bits per heavy atom. The Morgan fingerprint density at radius 2 is 1.70 bits per heavy atom. The van der Waals surface area contributed by atoms with Crippen molar-refractivity contribution in [2.45, 2.75) is 45.8 Å². The summed E-state index contributed by atoms with van der Waals surface area (Å²) in [7, 11) is 1.27. The Morgan fingerprint density at radius 3 is 2.26 bits per heavy atom. The van der Waals surface area contributed by atoms with Crippen LogP contribution in [0.5, 0.6) is 0 Å². The molecule has 150 valence electrons. The smallest absolute Gasteiger partial charge is 0.408 e. The van der Waals surface area contributed by atoms with Gasteiger partial charge in [-0.15, -0.1) is 0 Å². The summed E-state index contributed by atoms with van der Waals surface area (Å²) in [6, 6.07) is 7.87. The molecule has 0 spiro atoms. The van der Waals surface area contributed by atoms with E-state index in [2.05, 4.69) is 16.0 Å². The topological polar surface area (TPSA) is 106 Å². The molecule has 0 aromatic heterocycles. The van der Waals surface area contributed by atoms with Gasteiger partial charge in [-0.3, -0.25) is 0 Å². The molecule has 0 heterocycles. The lowest BCUT2D eigenvalue weighted by Crippen LogP contribution is -2.55. The van der Waals surface area contributed by atoms with Crippen LogP contribution in [0.25, 0.3) is 0 Å². The van der Waals surface area contributed by atoms with E-state index in [0.29, 0.717) is 12.8 Å². The third kappa shape index (κ3) is 8.94. The van der Waals surface area contributed by atoms with Crippen LogP contribution in [0.1, 0.15) is 32.8 Å². The lowest BCUT2D eigenvalue weighted by molar-refractivity contribution is -0.142. The quantitative estimate of drug-likeness (QED) is 0.450. The fraction of sp³-hybridized carbons (Fsp3) is 0.526. The van der Waals surface area contributed by atoms with Crippen molar-refractivity contribution in [2.75, 3.05) is 13.7 Å². The maximum atomic E-state index is 12.4. The summed E-state index contributed by atoms with van der Waals surface area (Å²) in [6.07, 6.45) is -0.439. The van der Waals surface area contributed by atoms with Gasteiger partial charge in [-0.05, 0) is 24.8 Å². The number of ether oxygens (including phenoxy) is 2. The normalized spacial score (nSPS) is 12.6. The average Bonchev–Trinajstić information content (AvgIpc) is 2.60. The van der Waals surface area contributed by atoms with Crippen LogP contribution in [0, 0.1) is 5.92 Å². The summed E-state index contributed by atoms with van der Waals surface area (Å²) in [6.45, 7) is 5.85. The number of amides is 3. The third-order valence-electron chi connectivity index (χ3n) is 3.65. The summed E-state index contributed by atoms with van der Waals surface area (Å²) < 4.78 is 9.64. The standard InChI is InChI=1S/C19H29N3O5/c1-5-27-19(25)22-16(11-13(2)3)21-18(24)20-15(17(23)26-4)12-14-9-7-6-8-10-14/h6-10,13,15-16H,5,11-12H2,1-4H3,(H,22,25)(H2,20,21,24)/t15-,16-/m0/s1. The lowest BCUT2D eigenvalue weighted by atomic mass is 10.1. The molecule has 2 atom stereocenters. The second-order valence-corrected chi connectivity index (χ2v) is 6.43. The van der Waals surface area contributed by atoms with Gasteiger partial charge in [0.05, 0.1) is 13.7 Å². The first-order valence-corrected chi connectivity index (χ1v) is 8.97. The molecule has 1 aromatic carbocycles. The fourth-order valence-electron chi connectivity index (χ4n) is 2.48. The molecular formula is C19H29N3O5. The van der Waals surface area contributed by atoms with Gasteiger partial charge in [0.1, 0.15) is 12.2 Å². The van der Waals surface area contributed by atoms with Crippen molar-refractivity contribution in [1.82, 2.24) is 16.0 Å². The maximum Gasteiger partial charge on any atom is 0.408 e. The van der Waals surface area contributed by atoms with Crippen molar-refractivity contribution in [2.24, 2.45) is 5.92 Å². The van der Waals surface area contributed by atoms with Crippen LogP contribution in [0.4, 0.5) is 9.59 Å². The number of urea groups is 1. The highest BCUT2D eigenvalue weighted by Crippen LogP contribution is 2.06. The van der Waals surface area contributed by atoms with E-state index in [1.165, 1.54) is 7.11 Å². The fourth-order valence-corrected chi connectivity index (χ4v) is 2.48. The van der Waals surface area contributed by atoms with Crippen LogP contribution >= 0.6 is 0 Å². The van der Waals surface area contributed by atoms with Crippen molar-refractivity contribution in [1.29, 1.82) is 0 Å². The molecule has 8 heteroatoms. The number of carbonyl (C=O) groups excluding carboxylic acids is 3. The van der Waals surface area contributed by atoms with E-state index >= 15 is 0 Å². The Hall–Kier alpha value is -2.77. The van der Waals surface area contributed by atoms with Gasteiger partial charge in [0.25, 0.3) is 0 Å². The number of carbonyl (C=O) groups is 3. The molecule has 0 radical (unpaired) electrons. The van der Waals surface area contributed by atoms with Crippen LogP contribution in [-0.4, -0.2) is 44.0 Å². The van der Waals surface area contributed by atoms with Crippen LogP contribution in [0.2, 0.25) is 0 Å². The number of nitrogens with one attached hydrogen (secondary N) is 3. The van der Waals surface area contributed by atoms with E-state index in [1.54, 1.807) is 6.92 Å². The van der Waals surface area contributed by atoms with Gasteiger partial charge >= 0.3 is 18.1 Å². The van der Waals surface area contributed by atoms with Gasteiger partial charge in [-0.25, -0.2) is 14.4 Å². The van der Waals surface area contributed by atoms with Gasteiger partial charge in [0, 0.05) is 6.42 Å². The highest BCUT2D eigenvalue weighted by atomic mass is 16.5. The first-order valence-electron chi connectivity index (χ1n) is 8.97. The molecule has 0 bridgehead atoms. The van der Waals surface area contributed by atoms with Crippen molar-refractivity contribution in [3.63, 3.8) is 0 Å². The number of methoxy groups -OCH3 is 1. The molecule has 3 N–H and O–H groups in total. The Bertz CT molecular complexity index is 607. The number of hydrogen-bond acceptors (Lipinski definition) is 5. The number of alkyl carbamates (subject to hydrolysis) is 1. The molecule has 0 saturated heterocycles. The third-order valence-corrected chi connectivity index (χ3v) is 3.65. The molecule has 3 amide bonds. The monoisotopic (exact) mass is 379 g/mol. The summed E-state index contributed by atoms with van der Waals surface area (Å²) in [5.74, 6) is -0.328. The van der Waals surface area contributed by atoms with Crippen LogP contribution in [-0.2, 0) is 20.7 Å². The largest absolute Gasteiger partial charge is 0.467 e. The summed E-state index contributed by atoms with van der Waals surface area (Å²) in [4.78, 5) is 36.1. The SMILES string of the molecule is CCOC(=O)N[C@@H](CC(C)C)NC(=O)N[C@@H](Cc1ccccc1)C(=O)OC. The molecule has 0 aliphatic carbocycles. The van der Waals surface area contributed by atoms with Crippen LogP contribution in [0.3, 0.4) is 0 Å². The first-order chi connectivity index (χ1) is 12.8. The molecule has 27 heavy (non-hydrogen) atoms. The van der Waals surface area contributed by atoms with Crippen LogP contribution in [0.15, 0.2) is 30.3 Å². The molecule has 1 aromatic rings. The maximum absolute atomic E-state index is 12.4. The minimum atomic E-state index is -0.848. The number of esters is 1. The zero-order valence-electron chi connectivity index (χ0n) is 16.3. The number of benzene rings is 1. The summed E-state index contributed by atoms with van der Waals surface area (Å²) in [5.41, 5.74) is 0.886. The first kappa shape index (κ1) is 22.3. The molecule has 0 aliphatic rings. The van der Waals surface area contributed by atoms with Crippen molar-refractivity contribution >= 4 is 18.1 Å². The predicted octanol–water partition coefficient (Wildman–Crippen LogP) is 2.19. The second-order valence-electron chi connectivity index (χ2n) is 6.43. The van der Waals surface area contributed by atoms with Crippen molar-refractivity contribution < 1.29 is 23.9 Å². The molecule has 0 saturated carbocycles. The number of rotatable bonds is 9. The number of hydrogen-bond donors (Lipinski definition) is 3. The van der Waals surface area contributed by atoms with Crippen molar-refractivity contribution in [3.05, 3.63) is 35.9 Å². The lowest BCUT2D eigenvalue weighted by Gasteiger charge is -2.23. The van der Waals surface area contributed by atoms with E-state index < -0.39 is 30.3 Å². The Kier molecular flexibility index (Phi) is 9.71. The van der Waals surface area contributed by atoms with Gasteiger partial charge in [0.2, 0.25) is 0 Å². The van der Waals surface area contributed by atoms with E-state index in [-0.39, 0.29) is 12.5 Å². The van der Waals surface area contributed by atoms with Crippen LogP contribution < -0.4 is 16.0 Å². The van der Waals surface area contributed by atoms with Gasteiger partial charge in [0.15, 0.2) is 0 Å². The average molecular weight is 379 g/mol. The van der Waals surface area contributed by atoms with E-state index in [1.807, 2.05) is 44.2 Å². The zero-order chi connectivity index (χ0) is 20.2. The minimum Gasteiger partial charge on any atom is -0.467 e. The van der Waals surface area contributed by atoms with Gasteiger partial charge in [-0.2, -0.15) is 0 Å².